The first-order valence-corrected chi connectivity index (χ1v) is 6.29. The number of benzene rings is 1. The number of nitrogens with one attached hydrogen (secondary N) is 1. The van der Waals surface area contributed by atoms with Crippen LogP contribution in [0.5, 0.6) is 0 Å². The molecular weight excluding hydrogens is 232 g/mol. The number of aromatic nitrogens is 2. The van der Waals surface area contributed by atoms with Crippen LogP contribution in [-0.2, 0) is 11.3 Å². The zero-order chi connectivity index (χ0) is 12.4. The number of rotatable bonds is 4. The van der Waals surface area contributed by atoms with E-state index in [9.17, 15) is 0 Å². The van der Waals surface area contributed by atoms with Gasteiger partial charge in [-0.2, -0.15) is 0 Å². The van der Waals surface area contributed by atoms with Gasteiger partial charge in [-0.05, 0) is 50.7 Å². The van der Waals surface area contributed by atoms with Crippen molar-refractivity contribution in [2.24, 2.45) is 0 Å². The van der Waals surface area contributed by atoms with Crippen molar-refractivity contribution in [1.29, 1.82) is 0 Å². The predicted octanol–water partition coefficient (Wildman–Crippen LogP) is 3.43. The average Bonchev–Trinajstić information content (AvgIpc) is 2.54. The fourth-order valence-electron chi connectivity index (χ4n) is 1.88. The van der Waals surface area contributed by atoms with E-state index in [1.54, 1.807) is 0 Å². The number of aryl methyl sites for hydroxylation is 1. The first-order chi connectivity index (χ1) is 8.08. The van der Waals surface area contributed by atoms with Crippen LogP contribution in [0.15, 0.2) is 18.2 Å². The Morgan fingerprint density at radius 3 is 2.88 bits per heavy atom. The Morgan fingerprint density at radius 1 is 1.41 bits per heavy atom. The highest BCUT2D eigenvalue weighted by Crippen LogP contribution is 2.15. The van der Waals surface area contributed by atoms with Crippen molar-refractivity contribution >= 4 is 23.3 Å². The largest absolute Gasteiger partial charge is 0.377 e. The van der Waals surface area contributed by atoms with Crippen molar-refractivity contribution in [2.75, 3.05) is 6.61 Å². The first kappa shape index (κ1) is 12.3. The van der Waals surface area contributed by atoms with Gasteiger partial charge < -0.3 is 14.3 Å². The number of hydrogen-bond acceptors (Lipinski definition) is 2. The summed E-state index contributed by atoms with van der Waals surface area (Å²) < 4.78 is 8.41. The van der Waals surface area contributed by atoms with Gasteiger partial charge in [-0.3, -0.25) is 0 Å². The molecule has 3 nitrogen and oxygen atoms in total. The molecule has 1 aromatic heterocycles. The van der Waals surface area contributed by atoms with E-state index >= 15 is 0 Å². The predicted molar refractivity (Wildman–Crippen MR) is 72.9 cm³/mol. The van der Waals surface area contributed by atoms with Gasteiger partial charge in [0, 0.05) is 6.54 Å². The summed E-state index contributed by atoms with van der Waals surface area (Å²) in [5, 5.41) is 0. The fourth-order valence-corrected chi connectivity index (χ4v) is 2.18. The highest BCUT2D eigenvalue weighted by atomic mass is 32.1. The molecule has 0 saturated heterocycles. The van der Waals surface area contributed by atoms with Crippen LogP contribution < -0.4 is 0 Å². The minimum absolute atomic E-state index is 0.261. The fraction of sp³-hybridized carbons (Fsp3) is 0.462. The van der Waals surface area contributed by atoms with Crippen molar-refractivity contribution in [2.45, 2.75) is 33.4 Å². The van der Waals surface area contributed by atoms with Crippen LogP contribution >= 0.6 is 12.2 Å². The summed E-state index contributed by atoms with van der Waals surface area (Å²) in [6, 6.07) is 6.32. The lowest BCUT2D eigenvalue weighted by Crippen LogP contribution is -2.10. The Balaban J connectivity index is 2.27. The van der Waals surface area contributed by atoms with Gasteiger partial charge in [0.2, 0.25) is 0 Å². The van der Waals surface area contributed by atoms with E-state index in [2.05, 4.69) is 34.7 Å². The van der Waals surface area contributed by atoms with E-state index in [0.29, 0.717) is 6.61 Å². The Bertz CT molecular complexity index is 568. The minimum Gasteiger partial charge on any atom is -0.377 e. The third-order valence-corrected chi connectivity index (χ3v) is 3.02. The monoisotopic (exact) mass is 250 g/mol. The highest BCUT2D eigenvalue weighted by Gasteiger charge is 2.04. The molecule has 2 rings (SSSR count). The second-order valence-electron chi connectivity index (χ2n) is 4.52. The van der Waals surface area contributed by atoms with Crippen LogP contribution in [0.25, 0.3) is 11.0 Å². The van der Waals surface area contributed by atoms with Crippen LogP contribution in [0.2, 0.25) is 0 Å². The second kappa shape index (κ2) is 5.02. The average molecular weight is 250 g/mol. The van der Waals surface area contributed by atoms with Gasteiger partial charge in [0.05, 0.1) is 23.7 Å². The zero-order valence-corrected chi connectivity index (χ0v) is 11.3. The maximum atomic E-state index is 5.56. The maximum Gasteiger partial charge on any atom is 0.178 e. The van der Waals surface area contributed by atoms with E-state index in [1.165, 1.54) is 5.56 Å². The molecule has 1 N–H and O–H groups in total. The molecule has 0 saturated carbocycles. The van der Waals surface area contributed by atoms with Crippen LogP contribution in [0.1, 0.15) is 19.4 Å². The van der Waals surface area contributed by atoms with Crippen molar-refractivity contribution in [3.8, 4) is 0 Å². The summed E-state index contributed by atoms with van der Waals surface area (Å²) in [5.74, 6) is 0. The van der Waals surface area contributed by atoms with Gasteiger partial charge >= 0.3 is 0 Å². The Hall–Kier alpha value is -1.13. The number of H-pyrrole nitrogens is 1. The van der Waals surface area contributed by atoms with E-state index in [4.69, 9.17) is 17.0 Å². The van der Waals surface area contributed by atoms with Crippen molar-refractivity contribution < 1.29 is 4.74 Å². The molecule has 0 aliphatic carbocycles. The molecule has 0 amide bonds. The van der Waals surface area contributed by atoms with Crippen molar-refractivity contribution in [3.63, 3.8) is 0 Å². The number of aromatic amines is 1. The number of imidazole rings is 1. The molecule has 0 aliphatic heterocycles. The molecule has 2 aromatic rings. The smallest absolute Gasteiger partial charge is 0.178 e. The molecule has 0 unspecified atom stereocenters. The van der Waals surface area contributed by atoms with Crippen LogP contribution in [0, 0.1) is 11.7 Å². The Kier molecular flexibility index (Phi) is 3.64. The number of ether oxygens (including phenoxy) is 1. The first-order valence-electron chi connectivity index (χ1n) is 5.88. The molecule has 0 radical (unpaired) electrons. The van der Waals surface area contributed by atoms with Crippen molar-refractivity contribution in [1.82, 2.24) is 9.55 Å². The highest BCUT2D eigenvalue weighted by molar-refractivity contribution is 7.71. The van der Waals surface area contributed by atoms with Crippen molar-refractivity contribution in [3.05, 3.63) is 28.5 Å². The summed E-state index contributed by atoms with van der Waals surface area (Å²) >= 11 is 5.33. The van der Waals surface area contributed by atoms with Gasteiger partial charge in [0.1, 0.15) is 0 Å². The molecule has 4 heteroatoms. The number of hydrogen-bond donors (Lipinski definition) is 1. The second-order valence-corrected chi connectivity index (χ2v) is 4.91. The Labute approximate surface area is 106 Å². The lowest BCUT2D eigenvalue weighted by Gasteiger charge is -2.08. The van der Waals surface area contributed by atoms with Gasteiger partial charge in [0.25, 0.3) is 0 Å². The summed E-state index contributed by atoms with van der Waals surface area (Å²) in [6.07, 6.45) is 0.261. The Morgan fingerprint density at radius 2 is 2.18 bits per heavy atom. The molecule has 0 fully saturated rings. The van der Waals surface area contributed by atoms with Crippen LogP contribution in [0.4, 0.5) is 0 Å². The normalized spacial score (nSPS) is 11.5. The standard InChI is InChI=1S/C13H18N2OS/c1-9(2)16-7-6-15-12-5-4-10(3)8-11(12)14-13(15)17/h4-5,8-9H,6-7H2,1-3H3,(H,14,17). The lowest BCUT2D eigenvalue weighted by atomic mass is 10.2. The molecule has 0 spiro atoms. The maximum absolute atomic E-state index is 5.56. The minimum atomic E-state index is 0.261. The molecule has 0 bridgehead atoms. The van der Waals surface area contributed by atoms with Crippen LogP contribution in [0.3, 0.4) is 0 Å². The SMILES string of the molecule is Cc1ccc2c(c1)[nH]c(=S)n2CCOC(C)C. The summed E-state index contributed by atoms with van der Waals surface area (Å²) in [5.41, 5.74) is 3.48. The summed E-state index contributed by atoms with van der Waals surface area (Å²) in [4.78, 5) is 3.23. The van der Waals surface area contributed by atoms with Crippen LogP contribution in [-0.4, -0.2) is 22.3 Å². The topological polar surface area (TPSA) is 29.9 Å². The van der Waals surface area contributed by atoms with Gasteiger partial charge in [-0.25, -0.2) is 0 Å². The molecule has 92 valence electrons. The zero-order valence-electron chi connectivity index (χ0n) is 10.5. The van der Waals surface area contributed by atoms with Gasteiger partial charge in [-0.1, -0.05) is 6.07 Å². The number of nitrogens with zero attached hydrogens (tertiary/aromatic N) is 1. The third-order valence-electron chi connectivity index (χ3n) is 2.70. The molecular formula is C13H18N2OS. The van der Waals surface area contributed by atoms with E-state index in [0.717, 1.165) is 22.3 Å². The molecule has 1 heterocycles. The lowest BCUT2D eigenvalue weighted by molar-refractivity contribution is 0.0731. The van der Waals surface area contributed by atoms with E-state index < -0.39 is 0 Å². The number of fused-ring (bicyclic) bond motifs is 1. The van der Waals surface area contributed by atoms with E-state index in [1.807, 2.05) is 13.8 Å². The molecule has 1 aromatic carbocycles. The molecule has 0 aliphatic rings. The third kappa shape index (κ3) is 2.76. The van der Waals surface area contributed by atoms with Gasteiger partial charge in [-0.15, -0.1) is 0 Å². The van der Waals surface area contributed by atoms with E-state index in [-0.39, 0.29) is 6.10 Å². The molecule has 0 atom stereocenters. The van der Waals surface area contributed by atoms with Gasteiger partial charge in [0.15, 0.2) is 4.77 Å². The summed E-state index contributed by atoms with van der Waals surface area (Å²) in [7, 11) is 0. The quantitative estimate of drug-likeness (QED) is 0.842. The summed E-state index contributed by atoms with van der Waals surface area (Å²) in [6.45, 7) is 7.64. The molecule has 17 heavy (non-hydrogen) atoms.